The molecule has 0 aliphatic heterocycles. The highest BCUT2D eigenvalue weighted by Crippen LogP contribution is 2.52. The summed E-state index contributed by atoms with van der Waals surface area (Å²) in [5.41, 5.74) is 7.80. The molecule has 0 unspecified atom stereocenters. The number of rotatable bonds is 12. The summed E-state index contributed by atoms with van der Waals surface area (Å²) in [7, 11) is 0. The van der Waals surface area contributed by atoms with Crippen molar-refractivity contribution in [1.82, 2.24) is 0 Å². The summed E-state index contributed by atoms with van der Waals surface area (Å²) in [5.74, 6) is 0.402. The second kappa shape index (κ2) is 11.3. The van der Waals surface area contributed by atoms with Gasteiger partial charge >= 0.3 is 0 Å². The first-order valence-corrected chi connectivity index (χ1v) is 12.5. The number of benzene rings is 1. The lowest BCUT2D eigenvalue weighted by molar-refractivity contribution is 0.181. The van der Waals surface area contributed by atoms with Crippen molar-refractivity contribution in [1.29, 1.82) is 0 Å². The van der Waals surface area contributed by atoms with Gasteiger partial charge in [0.15, 0.2) is 0 Å². The average Bonchev–Trinajstić information content (AvgIpc) is 2.68. The van der Waals surface area contributed by atoms with E-state index in [9.17, 15) is 0 Å². The lowest BCUT2D eigenvalue weighted by Gasteiger charge is -2.45. The molecule has 0 spiro atoms. The van der Waals surface area contributed by atoms with Crippen LogP contribution in [-0.2, 0) is 12.8 Å². The molecule has 1 saturated carbocycles. The van der Waals surface area contributed by atoms with Crippen molar-refractivity contribution in [2.24, 2.45) is 11.3 Å². The minimum atomic E-state index is 0.0182. The van der Waals surface area contributed by atoms with Crippen LogP contribution in [-0.4, -0.2) is 0 Å². The first-order valence-electron chi connectivity index (χ1n) is 12.5. The Labute approximate surface area is 191 Å². The zero-order valence-corrected chi connectivity index (χ0v) is 21.1. The number of hydrogen-bond donors (Lipinski definition) is 0. The van der Waals surface area contributed by atoms with E-state index in [0.29, 0.717) is 5.92 Å². The third-order valence-electron chi connectivity index (χ3n) is 7.58. The maximum atomic E-state index is 15.4. The van der Waals surface area contributed by atoms with Crippen LogP contribution in [0.15, 0.2) is 47.6 Å². The highest BCUT2D eigenvalue weighted by atomic mass is 19.1. The van der Waals surface area contributed by atoms with Crippen LogP contribution in [0.2, 0.25) is 0 Å². The minimum Gasteiger partial charge on any atom is -0.206 e. The van der Waals surface area contributed by atoms with E-state index in [1.807, 2.05) is 6.92 Å². The standard InChI is InChI=1S/C30H45F/c1-9-10-11-12-13-15-26-16-17-27(29(31)24(26)7)20-30(18-14-19-30)25(8)28(22(4)5)23(6)21(2)3/h16-17,21H,4,6,9-15,18-20H2,1-3,5,7-8H3/b28-25-. The molecule has 1 aromatic rings. The SMILES string of the molecule is C=C(C)/C(C(=C)C(C)C)=C(\C)C1(Cc2ccc(CCCCCCC)c(C)c2F)CCC1. The summed E-state index contributed by atoms with van der Waals surface area (Å²) < 4.78 is 15.4. The van der Waals surface area contributed by atoms with Gasteiger partial charge in [-0.1, -0.05) is 89.3 Å². The van der Waals surface area contributed by atoms with Gasteiger partial charge in [-0.2, -0.15) is 0 Å². The van der Waals surface area contributed by atoms with Gasteiger partial charge in [0.05, 0.1) is 0 Å². The van der Waals surface area contributed by atoms with Crippen LogP contribution in [0.4, 0.5) is 4.39 Å². The Morgan fingerprint density at radius 3 is 2.16 bits per heavy atom. The average molecular weight is 425 g/mol. The largest absolute Gasteiger partial charge is 0.206 e. The van der Waals surface area contributed by atoms with Gasteiger partial charge in [-0.25, -0.2) is 4.39 Å². The van der Waals surface area contributed by atoms with E-state index >= 15 is 4.39 Å². The van der Waals surface area contributed by atoms with Crippen molar-refractivity contribution in [2.75, 3.05) is 0 Å². The second-order valence-corrected chi connectivity index (χ2v) is 10.3. The molecule has 0 heterocycles. The normalized spacial score (nSPS) is 16.1. The lowest BCUT2D eigenvalue weighted by Crippen LogP contribution is -2.34. The Hall–Kier alpha value is -1.63. The number of unbranched alkanes of at least 4 members (excludes halogenated alkanes) is 4. The van der Waals surface area contributed by atoms with Gasteiger partial charge in [0.25, 0.3) is 0 Å². The van der Waals surface area contributed by atoms with Crippen molar-refractivity contribution < 1.29 is 4.39 Å². The summed E-state index contributed by atoms with van der Waals surface area (Å²) in [5, 5.41) is 0. The molecule has 1 fully saturated rings. The Kier molecular flexibility index (Phi) is 9.34. The molecule has 0 saturated heterocycles. The van der Waals surface area contributed by atoms with Crippen LogP contribution in [0.5, 0.6) is 0 Å². The molecule has 0 nitrogen and oxygen atoms in total. The Bertz CT molecular complexity index is 817. The molecule has 2 rings (SSSR count). The Balaban J connectivity index is 2.27. The molecule has 0 aromatic heterocycles. The predicted molar refractivity (Wildman–Crippen MR) is 135 cm³/mol. The van der Waals surface area contributed by atoms with Crippen molar-refractivity contribution in [3.8, 4) is 0 Å². The van der Waals surface area contributed by atoms with E-state index in [1.165, 1.54) is 48.8 Å². The number of hydrogen-bond acceptors (Lipinski definition) is 0. The molecule has 0 atom stereocenters. The van der Waals surface area contributed by atoms with Crippen molar-refractivity contribution >= 4 is 0 Å². The third kappa shape index (κ3) is 5.99. The van der Waals surface area contributed by atoms with Gasteiger partial charge < -0.3 is 0 Å². The minimum absolute atomic E-state index is 0.0182. The first kappa shape index (κ1) is 25.6. The molecular weight excluding hydrogens is 379 g/mol. The quantitative estimate of drug-likeness (QED) is 0.231. The zero-order chi connectivity index (χ0) is 23.2. The molecular formula is C30H45F. The molecule has 172 valence electrons. The van der Waals surface area contributed by atoms with Crippen LogP contribution in [0.3, 0.4) is 0 Å². The van der Waals surface area contributed by atoms with Crippen LogP contribution in [0.25, 0.3) is 0 Å². The lowest BCUT2D eigenvalue weighted by atomic mass is 9.59. The molecule has 0 bridgehead atoms. The molecule has 31 heavy (non-hydrogen) atoms. The van der Waals surface area contributed by atoms with Crippen LogP contribution in [0, 0.1) is 24.1 Å². The molecule has 0 N–H and O–H groups in total. The van der Waals surface area contributed by atoms with Gasteiger partial charge in [-0.15, -0.1) is 0 Å². The van der Waals surface area contributed by atoms with Crippen molar-refractivity contribution in [2.45, 2.75) is 106 Å². The monoisotopic (exact) mass is 424 g/mol. The molecule has 1 aromatic carbocycles. The van der Waals surface area contributed by atoms with E-state index in [-0.39, 0.29) is 11.2 Å². The van der Waals surface area contributed by atoms with Crippen molar-refractivity contribution in [3.05, 3.63) is 70.1 Å². The predicted octanol–water partition coefficient (Wildman–Crippen LogP) is 9.46. The smallest absolute Gasteiger partial charge is 0.129 e. The maximum Gasteiger partial charge on any atom is 0.129 e. The van der Waals surface area contributed by atoms with Crippen LogP contribution in [0.1, 0.15) is 103 Å². The zero-order valence-electron chi connectivity index (χ0n) is 21.1. The van der Waals surface area contributed by atoms with E-state index in [1.54, 1.807) is 0 Å². The molecule has 0 radical (unpaired) electrons. The van der Waals surface area contributed by atoms with Crippen LogP contribution < -0.4 is 0 Å². The first-order chi connectivity index (χ1) is 14.6. The van der Waals surface area contributed by atoms with E-state index in [4.69, 9.17) is 0 Å². The van der Waals surface area contributed by atoms with E-state index in [2.05, 4.69) is 59.9 Å². The second-order valence-electron chi connectivity index (χ2n) is 10.3. The summed E-state index contributed by atoms with van der Waals surface area (Å²) in [6.07, 6.45) is 11.5. The summed E-state index contributed by atoms with van der Waals surface area (Å²) >= 11 is 0. The highest BCUT2D eigenvalue weighted by molar-refractivity contribution is 5.50. The van der Waals surface area contributed by atoms with Gasteiger partial charge in [0, 0.05) is 0 Å². The number of allylic oxidation sites excluding steroid dienone is 4. The summed E-state index contributed by atoms with van der Waals surface area (Å²) in [6.45, 7) is 21.5. The van der Waals surface area contributed by atoms with E-state index in [0.717, 1.165) is 54.4 Å². The topological polar surface area (TPSA) is 0 Å². The Morgan fingerprint density at radius 1 is 1.03 bits per heavy atom. The van der Waals surface area contributed by atoms with Crippen LogP contribution >= 0.6 is 0 Å². The number of aryl methyl sites for hydroxylation is 1. The molecule has 0 amide bonds. The Morgan fingerprint density at radius 2 is 1.65 bits per heavy atom. The van der Waals surface area contributed by atoms with Gasteiger partial charge in [-0.3, -0.25) is 0 Å². The number of halogens is 1. The highest BCUT2D eigenvalue weighted by Gasteiger charge is 2.41. The molecule has 1 aliphatic rings. The maximum absolute atomic E-state index is 15.4. The van der Waals surface area contributed by atoms with Gasteiger partial charge in [0.2, 0.25) is 0 Å². The van der Waals surface area contributed by atoms with Gasteiger partial charge in [0.1, 0.15) is 5.82 Å². The van der Waals surface area contributed by atoms with Crippen molar-refractivity contribution in [3.63, 3.8) is 0 Å². The molecule has 1 heteroatoms. The fraction of sp³-hybridized carbons (Fsp3) is 0.600. The fourth-order valence-corrected chi connectivity index (χ4v) is 5.15. The third-order valence-corrected chi connectivity index (χ3v) is 7.58. The van der Waals surface area contributed by atoms with Gasteiger partial charge in [-0.05, 0) is 92.0 Å². The summed E-state index contributed by atoms with van der Waals surface area (Å²) in [6, 6.07) is 4.25. The summed E-state index contributed by atoms with van der Waals surface area (Å²) in [4.78, 5) is 0. The fourth-order valence-electron chi connectivity index (χ4n) is 5.15. The molecule has 1 aliphatic carbocycles. The van der Waals surface area contributed by atoms with E-state index < -0.39 is 0 Å².